The van der Waals surface area contributed by atoms with E-state index in [0.717, 1.165) is 11.3 Å². The molecule has 0 radical (unpaired) electrons. The number of aromatic amines is 1. The Balaban J connectivity index is 1.31. The van der Waals surface area contributed by atoms with Crippen LogP contribution in [0.3, 0.4) is 0 Å². The van der Waals surface area contributed by atoms with Crippen LogP contribution in [-0.4, -0.2) is 20.3 Å². The first kappa shape index (κ1) is 18.6. The number of H-pyrrole nitrogens is 1. The number of ether oxygens (including phenoxy) is 1. The first-order valence-corrected chi connectivity index (χ1v) is 9.75. The van der Waals surface area contributed by atoms with Gasteiger partial charge in [0, 0.05) is 29.5 Å². The second-order valence-electron chi connectivity index (χ2n) is 7.07. The fraction of sp³-hybridized carbons (Fsp3) is 0.0417. The average molecular weight is 410 g/mol. The molecule has 0 aliphatic heterocycles. The Morgan fingerprint density at radius 2 is 1.90 bits per heavy atom. The van der Waals surface area contributed by atoms with Crippen molar-refractivity contribution >= 4 is 28.0 Å². The quantitative estimate of drug-likeness (QED) is 0.458. The molecule has 0 aliphatic rings. The van der Waals surface area contributed by atoms with E-state index in [-0.39, 0.29) is 11.3 Å². The van der Waals surface area contributed by atoms with Gasteiger partial charge in [0.15, 0.2) is 0 Å². The minimum atomic E-state index is -0.402. The third-order valence-electron chi connectivity index (χ3n) is 4.89. The summed E-state index contributed by atoms with van der Waals surface area (Å²) in [6.07, 6.45) is 3.84. The van der Waals surface area contributed by atoms with E-state index < -0.39 is 5.91 Å². The number of rotatable bonds is 5. The van der Waals surface area contributed by atoms with Crippen LogP contribution in [0.1, 0.15) is 16.2 Å². The highest BCUT2D eigenvalue weighted by Gasteiger charge is 2.10. The van der Waals surface area contributed by atoms with E-state index in [2.05, 4.69) is 15.3 Å². The summed E-state index contributed by atoms with van der Waals surface area (Å²) in [7, 11) is 0. The number of amides is 1. The van der Waals surface area contributed by atoms with Gasteiger partial charge in [0.05, 0.1) is 5.69 Å². The molecule has 0 spiro atoms. The number of anilines is 1. The molecule has 5 rings (SSSR count). The van der Waals surface area contributed by atoms with Gasteiger partial charge in [-0.2, -0.15) is 0 Å². The van der Waals surface area contributed by atoms with Crippen molar-refractivity contribution in [2.75, 3.05) is 5.32 Å². The minimum Gasteiger partial charge on any atom is -0.487 e. The number of fused-ring (bicyclic) bond motifs is 2. The molecular formula is C24H18N4O3. The lowest BCUT2D eigenvalue weighted by Crippen LogP contribution is -2.18. The van der Waals surface area contributed by atoms with Gasteiger partial charge in [0.1, 0.15) is 23.7 Å². The molecule has 0 saturated carbocycles. The molecule has 2 aromatic carbocycles. The van der Waals surface area contributed by atoms with E-state index in [1.54, 1.807) is 42.5 Å². The molecule has 0 unspecified atom stereocenters. The molecule has 7 heteroatoms. The molecule has 5 aromatic rings. The van der Waals surface area contributed by atoms with Gasteiger partial charge in [-0.05, 0) is 41.8 Å². The smallest absolute Gasteiger partial charge is 0.272 e. The van der Waals surface area contributed by atoms with Gasteiger partial charge in [-0.15, -0.1) is 0 Å². The predicted octanol–water partition coefficient (Wildman–Crippen LogP) is 4.01. The lowest BCUT2D eigenvalue weighted by Gasteiger charge is -2.09. The standard InChI is InChI=1S/C24H18N4O3/c29-23-20-9-2-1-6-16(20)12-21(27-23)24(30)26-17-7-5-8-19(13-17)31-15-18-14-28-11-4-3-10-22(28)25-18/h1-14H,15H2,(H,26,30)(H,27,29). The number of hydrogen-bond donors (Lipinski definition) is 2. The maximum absolute atomic E-state index is 12.7. The highest BCUT2D eigenvalue weighted by atomic mass is 16.5. The number of hydrogen-bond acceptors (Lipinski definition) is 4. The van der Waals surface area contributed by atoms with Crippen molar-refractivity contribution in [3.8, 4) is 5.75 Å². The second-order valence-corrected chi connectivity index (χ2v) is 7.07. The number of nitrogens with one attached hydrogen (secondary N) is 2. The van der Waals surface area contributed by atoms with Crippen LogP contribution in [0.4, 0.5) is 5.69 Å². The lowest BCUT2D eigenvalue weighted by molar-refractivity contribution is 0.102. The number of pyridine rings is 2. The van der Waals surface area contributed by atoms with Crippen LogP contribution < -0.4 is 15.6 Å². The Kier molecular flexibility index (Phi) is 4.68. The summed E-state index contributed by atoms with van der Waals surface area (Å²) in [6, 6.07) is 21.7. The normalized spacial score (nSPS) is 11.0. The van der Waals surface area contributed by atoms with Crippen LogP contribution in [0, 0.1) is 0 Å². The third-order valence-corrected chi connectivity index (χ3v) is 4.89. The number of nitrogens with zero attached hydrogens (tertiary/aromatic N) is 2. The van der Waals surface area contributed by atoms with Crippen LogP contribution >= 0.6 is 0 Å². The van der Waals surface area contributed by atoms with Crippen LogP contribution in [0.2, 0.25) is 0 Å². The van der Waals surface area contributed by atoms with Crippen molar-refractivity contribution in [3.63, 3.8) is 0 Å². The minimum absolute atomic E-state index is 0.194. The fourth-order valence-electron chi connectivity index (χ4n) is 3.41. The summed E-state index contributed by atoms with van der Waals surface area (Å²) in [5.41, 5.74) is 2.11. The summed E-state index contributed by atoms with van der Waals surface area (Å²) in [5.74, 6) is 0.196. The monoisotopic (exact) mass is 410 g/mol. The first-order chi connectivity index (χ1) is 15.2. The third kappa shape index (κ3) is 3.89. The zero-order valence-electron chi connectivity index (χ0n) is 16.4. The topological polar surface area (TPSA) is 88.5 Å². The number of imidazole rings is 1. The molecule has 0 aliphatic carbocycles. The molecule has 3 aromatic heterocycles. The Bertz CT molecular complexity index is 1440. The molecule has 152 valence electrons. The Morgan fingerprint density at radius 1 is 1.03 bits per heavy atom. The zero-order valence-corrected chi connectivity index (χ0v) is 16.4. The Hall–Kier alpha value is -4.39. The molecule has 3 heterocycles. The molecule has 31 heavy (non-hydrogen) atoms. The van der Waals surface area contributed by atoms with Crippen LogP contribution in [0.25, 0.3) is 16.4 Å². The van der Waals surface area contributed by atoms with E-state index in [1.165, 1.54) is 0 Å². The van der Waals surface area contributed by atoms with Crippen molar-refractivity contribution in [1.82, 2.24) is 14.4 Å². The van der Waals surface area contributed by atoms with E-state index in [1.807, 2.05) is 47.1 Å². The van der Waals surface area contributed by atoms with Gasteiger partial charge in [-0.3, -0.25) is 9.59 Å². The number of carbonyl (C=O) groups is 1. The summed E-state index contributed by atoms with van der Waals surface area (Å²) < 4.78 is 7.77. The van der Waals surface area contributed by atoms with Crippen molar-refractivity contribution in [2.24, 2.45) is 0 Å². The summed E-state index contributed by atoms with van der Waals surface area (Å²) in [6.45, 7) is 0.303. The Morgan fingerprint density at radius 3 is 2.81 bits per heavy atom. The Labute approximate surface area is 177 Å². The average Bonchev–Trinajstić information content (AvgIpc) is 3.21. The lowest BCUT2D eigenvalue weighted by atomic mass is 10.1. The van der Waals surface area contributed by atoms with Crippen molar-refractivity contribution < 1.29 is 9.53 Å². The van der Waals surface area contributed by atoms with E-state index in [4.69, 9.17) is 4.74 Å². The van der Waals surface area contributed by atoms with E-state index in [0.29, 0.717) is 28.8 Å². The highest BCUT2D eigenvalue weighted by molar-refractivity contribution is 6.04. The SMILES string of the molecule is O=C(Nc1cccc(OCc2cn3ccccc3n2)c1)c1cc2ccccc2c(=O)[nH]1. The predicted molar refractivity (Wildman–Crippen MR) is 118 cm³/mol. The second kappa shape index (κ2) is 7.79. The molecule has 0 saturated heterocycles. The van der Waals surface area contributed by atoms with Gasteiger partial charge >= 0.3 is 0 Å². The van der Waals surface area contributed by atoms with Crippen LogP contribution in [0.15, 0.2) is 90.0 Å². The largest absolute Gasteiger partial charge is 0.487 e. The number of benzene rings is 2. The van der Waals surface area contributed by atoms with Crippen molar-refractivity contribution in [1.29, 1.82) is 0 Å². The van der Waals surface area contributed by atoms with Crippen molar-refractivity contribution in [3.05, 3.63) is 107 Å². The molecule has 0 atom stereocenters. The molecule has 2 N–H and O–H groups in total. The zero-order chi connectivity index (χ0) is 21.2. The van der Waals surface area contributed by atoms with Gasteiger partial charge < -0.3 is 19.4 Å². The first-order valence-electron chi connectivity index (χ1n) is 9.75. The van der Waals surface area contributed by atoms with Gasteiger partial charge in [-0.1, -0.05) is 30.3 Å². The summed E-state index contributed by atoms with van der Waals surface area (Å²) in [4.78, 5) is 32.0. The maximum atomic E-state index is 12.7. The number of aromatic nitrogens is 3. The number of carbonyl (C=O) groups excluding carboxylic acids is 1. The molecule has 0 bridgehead atoms. The van der Waals surface area contributed by atoms with Crippen LogP contribution in [-0.2, 0) is 6.61 Å². The van der Waals surface area contributed by atoms with Crippen molar-refractivity contribution in [2.45, 2.75) is 6.61 Å². The van der Waals surface area contributed by atoms with E-state index in [9.17, 15) is 9.59 Å². The molecule has 7 nitrogen and oxygen atoms in total. The summed E-state index contributed by atoms with van der Waals surface area (Å²) in [5, 5.41) is 4.05. The molecular weight excluding hydrogens is 392 g/mol. The van der Waals surface area contributed by atoms with Gasteiger partial charge in [0.25, 0.3) is 11.5 Å². The van der Waals surface area contributed by atoms with Gasteiger partial charge in [0.2, 0.25) is 0 Å². The van der Waals surface area contributed by atoms with Crippen LogP contribution in [0.5, 0.6) is 5.75 Å². The molecule has 1 amide bonds. The maximum Gasteiger partial charge on any atom is 0.272 e. The van der Waals surface area contributed by atoms with E-state index >= 15 is 0 Å². The summed E-state index contributed by atoms with van der Waals surface area (Å²) >= 11 is 0. The fourth-order valence-corrected chi connectivity index (χ4v) is 3.41. The molecule has 0 fully saturated rings. The van der Waals surface area contributed by atoms with Gasteiger partial charge in [-0.25, -0.2) is 4.98 Å². The highest BCUT2D eigenvalue weighted by Crippen LogP contribution is 2.20.